The van der Waals surface area contributed by atoms with Crippen molar-refractivity contribution in [2.24, 2.45) is 0 Å². The molecule has 2 heterocycles. The number of nitrogens with zero attached hydrogens (tertiary/aromatic N) is 2. The third kappa shape index (κ3) is 4.36. The van der Waals surface area contributed by atoms with E-state index in [4.69, 9.17) is 32.7 Å². The Bertz CT molecular complexity index is 1070. The van der Waals surface area contributed by atoms with Gasteiger partial charge in [0.05, 0.1) is 11.2 Å². The van der Waals surface area contributed by atoms with Crippen LogP contribution in [-0.4, -0.2) is 15.8 Å². The summed E-state index contributed by atoms with van der Waals surface area (Å²) in [6.07, 6.45) is 14.1. The van der Waals surface area contributed by atoms with E-state index in [1.54, 1.807) is 48.9 Å². The Morgan fingerprint density at radius 2 is 2.14 bits per heavy atom. The third-order valence-corrected chi connectivity index (χ3v) is 4.89. The molecule has 7 heteroatoms. The molecule has 146 valence electrons. The Morgan fingerprint density at radius 1 is 1.24 bits per heavy atom. The third-order valence-electron chi connectivity index (χ3n) is 4.34. The van der Waals surface area contributed by atoms with Crippen LogP contribution in [0.3, 0.4) is 0 Å². The molecule has 2 aliphatic rings. The van der Waals surface area contributed by atoms with Gasteiger partial charge in [-0.1, -0.05) is 41.4 Å². The topological polar surface area (TPSA) is 51.7 Å². The van der Waals surface area contributed by atoms with Crippen molar-refractivity contribution < 1.29 is 14.3 Å². The van der Waals surface area contributed by atoms with Crippen molar-refractivity contribution >= 4 is 29.1 Å². The van der Waals surface area contributed by atoms with Gasteiger partial charge in [0.15, 0.2) is 0 Å². The molecule has 29 heavy (non-hydrogen) atoms. The van der Waals surface area contributed by atoms with Crippen LogP contribution in [-0.2, 0) is 4.74 Å². The monoisotopic (exact) mass is 426 g/mol. The molecule has 1 aromatic heterocycles. The van der Waals surface area contributed by atoms with Gasteiger partial charge >= 0.3 is 0 Å². The number of hydrogen-bond donors (Lipinski definition) is 0. The number of halogens is 2. The van der Waals surface area contributed by atoms with E-state index in [-0.39, 0.29) is 17.4 Å². The van der Waals surface area contributed by atoms with Gasteiger partial charge in [-0.2, -0.15) is 0 Å². The van der Waals surface area contributed by atoms with Crippen LogP contribution >= 0.6 is 23.2 Å². The minimum atomic E-state index is -0.310. The Morgan fingerprint density at radius 3 is 2.97 bits per heavy atom. The number of allylic oxidation sites excluding steroid dienone is 4. The van der Waals surface area contributed by atoms with Gasteiger partial charge in [-0.15, -0.1) is 0 Å². The highest BCUT2D eigenvalue weighted by Crippen LogP contribution is 2.33. The fourth-order valence-corrected chi connectivity index (χ4v) is 3.21. The van der Waals surface area contributed by atoms with Gasteiger partial charge in [0.1, 0.15) is 23.3 Å². The van der Waals surface area contributed by atoms with Gasteiger partial charge in [-0.25, -0.2) is 4.98 Å². The maximum Gasteiger partial charge on any atom is 0.267 e. The second kappa shape index (κ2) is 8.55. The summed E-state index contributed by atoms with van der Waals surface area (Å²) in [4.78, 5) is 18.8. The first-order valence-corrected chi connectivity index (χ1v) is 9.69. The van der Waals surface area contributed by atoms with E-state index >= 15 is 0 Å². The molecule has 0 radical (unpaired) electrons. The molecule has 1 aromatic carbocycles. The van der Waals surface area contributed by atoms with E-state index in [1.807, 2.05) is 12.2 Å². The van der Waals surface area contributed by atoms with E-state index in [1.165, 1.54) is 11.2 Å². The molecule has 0 bridgehead atoms. The van der Waals surface area contributed by atoms with Crippen molar-refractivity contribution in [3.8, 4) is 11.6 Å². The molecule has 0 saturated carbocycles. The molecule has 1 amide bonds. The van der Waals surface area contributed by atoms with E-state index in [9.17, 15) is 4.79 Å². The molecule has 4 rings (SSSR count). The molecular weight excluding hydrogens is 411 g/mol. The van der Waals surface area contributed by atoms with Crippen LogP contribution in [0.15, 0.2) is 84.8 Å². The van der Waals surface area contributed by atoms with Crippen LogP contribution in [0.5, 0.6) is 11.6 Å². The summed E-state index contributed by atoms with van der Waals surface area (Å²) in [7, 11) is 0. The van der Waals surface area contributed by atoms with E-state index in [2.05, 4.69) is 11.1 Å². The van der Waals surface area contributed by atoms with E-state index in [0.29, 0.717) is 21.6 Å². The molecule has 1 aliphatic carbocycles. The Labute approximate surface area is 178 Å². The fraction of sp³-hybridized carbons (Fsp3) is 0.0909. The standard InChI is InChI=1S/C22H16Cl2N2O3/c23-16-8-9-18(24)19(13-16)29-21-17(7-4-10-25-21)22(27)26-11-12-28-20(14-26)15-5-2-1-3-6-15/h1-2,4-5,7-14H,3,6H2. The van der Waals surface area contributed by atoms with Crippen molar-refractivity contribution in [3.05, 3.63) is 100 Å². The first-order chi connectivity index (χ1) is 14.1. The van der Waals surface area contributed by atoms with Crippen LogP contribution in [0.2, 0.25) is 10.0 Å². The summed E-state index contributed by atoms with van der Waals surface area (Å²) in [6, 6.07) is 8.16. The molecule has 0 spiro atoms. The second-order valence-corrected chi connectivity index (χ2v) is 7.14. The summed E-state index contributed by atoms with van der Waals surface area (Å²) in [6.45, 7) is 0. The van der Waals surface area contributed by atoms with Crippen LogP contribution in [0.4, 0.5) is 0 Å². The predicted octanol–water partition coefficient (Wildman–Crippen LogP) is 6.24. The number of carbonyl (C=O) groups excluding carboxylic acids is 1. The average Bonchev–Trinajstić information content (AvgIpc) is 2.77. The molecule has 0 saturated heterocycles. The number of aromatic nitrogens is 1. The maximum absolute atomic E-state index is 13.2. The predicted molar refractivity (Wildman–Crippen MR) is 112 cm³/mol. The molecule has 5 nitrogen and oxygen atoms in total. The summed E-state index contributed by atoms with van der Waals surface area (Å²) < 4.78 is 11.4. The highest BCUT2D eigenvalue weighted by Gasteiger charge is 2.22. The lowest BCUT2D eigenvalue weighted by molar-refractivity contribution is 0.0852. The first-order valence-electron chi connectivity index (χ1n) is 8.93. The van der Waals surface area contributed by atoms with Crippen molar-refractivity contribution in [2.75, 3.05) is 0 Å². The molecule has 2 aromatic rings. The largest absolute Gasteiger partial charge is 0.462 e. The highest BCUT2D eigenvalue weighted by atomic mass is 35.5. The Kier molecular flexibility index (Phi) is 5.69. The van der Waals surface area contributed by atoms with Crippen LogP contribution in [0.1, 0.15) is 23.2 Å². The molecule has 0 unspecified atom stereocenters. The maximum atomic E-state index is 13.2. The number of rotatable bonds is 4. The van der Waals surface area contributed by atoms with E-state index < -0.39 is 0 Å². The zero-order valence-electron chi connectivity index (χ0n) is 15.2. The minimum Gasteiger partial charge on any atom is -0.462 e. The zero-order valence-corrected chi connectivity index (χ0v) is 16.7. The molecular formula is C22H16Cl2N2O3. The lowest BCUT2D eigenvalue weighted by Gasteiger charge is -2.22. The summed E-state index contributed by atoms with van der Waals surface area (Å²) >= 11 is 12.2. The van der Waals surface area contributed by atoms with Gasteiger partial charge in [-0.05, 0) is 42.7 Å². The number of benzene rings is 1. The van der Waals surface area contributed by atoms with Gasteiger partial charge in [0, 0.05) is 23.5 Å². The first kappa shape index (κ1) is 19.3. The van der Waals surface area contributed by atoms with Gasteiger partial charge in [-0.3, -0.25) is 9.69 Å². The van der Waals surface area contributed by atoms with Gasteiger partial charge in [0.2, 0.25) is 5.88 Å². The van der Waals surface area contributed by atoms with Crippen LogP contribution in [0, 0.1) is 0 Å². The Balaban J connectivity index is 1.62. The lowest BCUT2D eigenvalue weighted by atomic mass is 10.0. The number of hydrogen-bond acceptors (Lipinski definition) is 4. The molecule has 0 atom stereocenters. The van der Waals surface area contributed by atoms with Gasteiger partial charge in [0.25, 0.3) is 5.91 Å². The quantitative estimate of drug-likeness (QED) is 0.580. The van der Waals surface area contributed by atoms with Gasteiger partial charge < -0.3 is 9.47 Å². The molecule has 0 fully saturated rings. The molecule has 1 aliphatic heterocycles. The number of ether oxygens (including phenoxy) is 2. The number of amides is 1. The van der Waals surface area contributed by atoms with Crippen LogP contribution in [0.25, 0.3) is 0 Å². The fourth-order valence-electron chi connectivity index (χ4n) is 2.90. The van der Waals surface area contributed by atoms with Crippen molar-refractivity contribution in [3.63, 3.8) is 0 Å². The van der Waals surface area contributed by atoms with Crippen molar-refractivity contribution in [1.82, 2.24) is 9.88 Å². The smallest absolute Gasteiger partial charge is 0.267 e. The normalized spacial score (nSPS) is 15.4. The molecule has 0 N–H and O–H groups in total. The summed E-state index contributed by atoms with van der Waals surface area (Å²) in [5, 5.41) is 0.830. The summed E-state index contributed by atoms with van der Waals surface area (Å²) in [5.74, 6) is 0.779. The highest BCUT2D eigenvalue weighted by molar-refractivity contribution is 6.34. The van der Waals surface area contributed by atoms with E-state index in [0.717, 1.165) is 18.4 Å². The number of pyridine rings is 1. The average molecular weight is 427 g/mol. The van der Waals surface area contributed by atoms with Crippen molar-refractivity contribution in [2.45, 2.75) is 12.8 Å². The Hall–Kier alpha value is -3.02. The zero-order chi connectivity index (χ0) is 20.2. The minimum absolute atomic E-state index is 0.135. The van der Waals surface area contributed by atoms with Crippen molar-refractivity contribution in [1.29, 1.82) is 0 Å². The lowest BCUT2D eigenvalue weighted by Crippen LogP contribution is -2.24. The summed E-state index contributed by atoms with van der Waals surface area (Å²) in [5.41, 5.74) is 1.31. The SMILES string of the molecule is O=C(c1cccnc1Oc1cc(Cl)ccc1Cl)N1C=COC(C2=CC=CCC2)=C1. The second-order valence-electron chi connectivity index (χ2n) is 6.30. The number of carbonyl (C=O) groups is 1. The van der Waals surface area contributed by atoms with Crippen LogP contribution < -0.4 is 4.74 Å².